The van der Waals surface area contributed by atoms with E-state index >= 15 is 0 Å². The van der Waals surface area contributed by atoms with Gasteiger partial charge in [-0.25, -0.2) is 0 Å². The maximum Gasteiger partial charge on any atom is 0.251 e. The molecule has 2 amide bonds. The zero-order valence-electron chi connectivity index (χ0n) is 19.0. The van der Waals surface area contributed by atoms with Crippen molar-refractivity contribution in [2.75, 3.05) is 11.1 Å². The standard InChI is InChI=1S/C24H25N5O2S3/c1-3-29-22(16-11-32-17-7-5-4-6-14(16)17)27-28-24(29)33-12-19(30)26-23-20(21(25)31)15-9-8-13(2)10-18(15)34-23/h4-7,11,13H,3,8-10,12H2,1-2H3,(H2,25,31)(H,26,30). The molecule has 5 rings (SSSR count). The van der Waals surface area contributed by atoms with Crippen LogP contribution in [0.15, 0.2) is 34.8 Å². The van der Waals surface area contributed by atoms with Crippen molar-refractivity contribution in [3.05, 3.63) is 45.6 Å². The Hall–Kier alpha value is -2.69. The summed E-state index contributed by atoms with van der Waals surface area (Å²) in [4.78, 5) is 26.1. The van der Waals surface area contributed by atoms with Crippen LogP contribution in [0, 0.1) is 5.92 Å². The number of hydrogen-bond acceptors (Lipinski definition) is 7. The molecule has 3 aromatic heterocycles. The van der Waals surface area contributed by atoms with Crippen LogP contribution in [0.25, 0.3) is 21.5 Å². The number of amides is 2. The quantitative estimate of drug-likeness (QED) is 0.332. The van der Waals surface area contributed by atoms with Gasteiger partial charge in [-0.15, -0.1) is 32.9 Å². The summed E-state index contributed by atoms with van der Waals surface area (Å²) in [7, 11) is 0. The second kappa shape index (κ2) is 9.52. The number of hydrogen-bond donors (Lipinski definition) is 2. The van der Waals surface area contributed by atoms with Gasteiger partial charge in [0, 0.05) is 32.5 Å². The zero-order chi connectivity index (χ0) is 23.8. The first-order chi connectivity index (χ1) is 16.5. The number of carbonyl (C=O) groups is 2. The molecule has 1 aliphatic carbocycles. The highest BCUT2D eigenvalue weighted by molar-refractivity contribution is 7.99. The molecule has 34 heavy (non-hydrogen) atoms. The van der Waals surface area contributed by atoms with Gasteiger partial charge in [-0.1, -0.05) is 36.9 Å². The molecule has 1 unspecified atom stereocenters. The third-order valence-corrected chi connectivity index (χ3v) is 9.20. The molecule has 1 atom stereocenters. The number of benzene rings is 1. The lowest BCUT2D eigenvalue weighted by Crippen LogP contribution is -2.20. The highest BCUT2D eigenvalue weighted by atomic mass is 32.2. The molecular formula is C24H25N5O2S3. The molecule has 3 N–H and O–H groups in total. The lowest BCUT2D eigenvalue weighted by atomic mass is 9.88. The number of fused-ring (bicyclic) bond motifs is 2. The van der Waals surface area contributed by atoms with Gasteiger partial charge in [-0.05, 0) is 43.7 Å². The third-order valence-electron chi connectivity index (χ3n) is 6.10. The lowest BCUT2D eigenvalue weighted by molar-refractivity contribution is -0.113. The van der Waals surface area contributed by atoms with Crippen LogP contribution in [0.4, 0.5) is 5.00 Å². The first-order valence-corrected chi connectivity index (χ1v) is 13.9. The maximum atomic E-state index is 12.8. The molecule has 1 aliphatic rings. The third kappa shape index (κ3) is 4.25. The molecule has 0 radical (unpaired) electrons. The summed E-state index contributed by atoms with van der Waals surface area (Å²) in [6, 6.07) is 8.24. The van der Waals surface area contributed by atoms with Gasteiger partial charge in [0.2, 0.25) is 5.91 Å². The van der Waals surface area contributed by atoms with Gasteiger partial charge in [-0.2, -0.15) is 0 Å². The summed E-state index contributed by atoms with van der Waals surface area (Å²) >= 11 is 4.51. The predicted octanol–water partition coefficient (Wildman–Crippen LogP) is 5.20. The van der Waals surface area contributed by atoms with Crippen molar-refractivity contribution in [3.8, 4) is 11.4 Å². The van der Waals surface area contributed by atoms with E-state index in [9.17, 15) is 9.59 Å². The van der Waals surface area contributed by atoms with E-state index in [1.54, 1.807) is 11.3 Å². The van der Waals surface area contributed by atoms with E-state index in [2.05, 4.69) is 40.0 Å². The molecule has 4 aromatic rings. The summed E-state index contributed by atoms with van der Waals surface area (Å²) < 4.78 is 3.24. The number of anilines is 1. The SMILES string of the molecule is CCn1c(SCC(=O)Nc2sc3c(c2C(N)=O)CCC(C)C3)nnc1-c1csc2ccccc12. The number of primary amides is 1. The Morgan fingerprint density at radius 2 is 2.12 bits per heavy atom. The van der Waals surface area contributed by atoms with Crippen molar-refractivity contribution in [1.82, 2.24) is 14.8 Å². The minimum absolute atomic E-state index is 0.166. The van der Waals surface area contributed by atoms with E-state index < -0.39 is 5.91 Å². The number of nitrogens with zero attached hydrogens (tertiary/aromatic N) is 3. The molecule has 0 saturated heterocycles. The molecule has 0 aliphatic heterocycles. The zero-order valence-corrected chi connectivity index (χ0v) is 21.4. The van der Waals surface area contributed by atoms with Crippen molar-refractivity contribution in [2.24, 2.45) is 11.7 Å². The molecular weight excluding hydrogens is 486 g/mol. The summed E-state index contributed by atoms with van der Waals surface area (Å²) in [6.07, 6.45) is 2.78. The van der Waals surface area contributed by atoms with Crippen LogP contribution in [0.3, 0.4) is 0 Å². The molecule has 176 valence electrons. The van der Waals surface area contributed by atoms with Gasteiger partial charge in [0.1, 0.15) is 5.00 Å². The van der Waals surface area contributed by atoms with Crippen molar-refractivity contribution < 1.29 is 9.59 Å². The summed E-state index contributed by atoms with van der Waals surface area (Å²) in [6.45, 7) is 4.94. The van der Waals surface area contributed by atoms with Crippen LogP contribution >= 0.6 is 34.4 Å². The van der Waals surface area contributed by atoms with Crippen LogP contribution in [0.5, 0.6) is 0 Å². The fraction of sp³-hybridized carbons (Fsp3) is 0.333. The Morgan fingerprint density at radius 1 is 1.29 bits per heavy atom. The predicted molar refractivity (Wildman–Crippen MR) is 140 cm³/mol. The molecule has 0 spiro atoms. The van der Waals surface area contributed by atoms with Crippen LogP contribution < -0.4 is 11.1 Å². The molecule has 7 nitrogen and oxygen atoms in total. The molecule has 10 heteroatoms. The summed E-state index contributed by atoms with van der Waals surface area (Å²) in [5.41, 5.74) is 8.22. The monoisotopic (exact) mass is 511 g/mol. The van der Waals surface area contributed by atoms with E-state index in [1.165, 1.54) is 27.8 Å². The first kappa shape index (κ1) is 23.1. The fourth-order valence-corrected chi connectivity index (χ4v) is 7.60. The number of thioether (sulfide) groups is 1. The van der Waals surface area contributed by atoms with Crippen molar-refractivity contribution in [2.45, 2.75) is 44.8 Å². The molecule has 1 aromatic carbocycles. The molecule has 0 bridgehead atoms. The van der Waals surface area contributed by atoms with Gasteiger partial charge in [0.25, 0.3) is 5.91 Å². The lowest BCUT2D eigenvalue weighted by Gasteiger charge is -2.18. The van der Waals surface area contributed by atoms with Gasteiger partial charge in [0.05, 0.1) is 11.3 Å². The van der Waals surface area contributed by atoms with Crippen LogP contribution in [-0.4, -0.2) is 32.3 Å². The normalized spacial score (nSPS) is 15.4. The van der Waals surface area contributed by atoms with Crippen LogP contribution in [-0.2, 0) is 24.2 Å². The van der Waals surface area contributed by atoms with E-state index in [-0.39, 0.29) is 11.7 Å². The minimum Gasteiger partial charge on any atom is -0.365 e. The van der Waals surface area contributed by atoms with Crippen LogP contribution in [0.2, 0.25) is 0 Å². The second-order valence-electron chi connectivity index (χ2n) is 8.45. The van der Waals surface area contributed by atoms with Crippen molar-refractivity contribution >= 4 is 61.3 Å². The number of thiophene rings is 2. The van der Waals surface area contributed by atoms with E-state index in [1.807, 2.05) is 23.6 Å². The van der Waals surface area contributed by atoms with Crippen molar-refractivity contribution in [3.63, 3.8) is 0 Å². The average molecular weight is 512 g/mol. The Balaban J connectivity index is 1.33. The second-order valence-corrected chi connectivity index (χ2v) is 11.4. The largest absolute Gasteiger partial charge is 0.365 e. The minimum atomic E-state index is -0.478. The Bertz CT molecular complexity index is 1390. The van der Waals surface area contributed by atoms with Crippen molar-refractivity contribution in [1.29, 1.82) is 0 Å². The van der Waals surface area contributed by atoms with Crippen LogP contribution in [0.1, 0.15) is 41.1 Å². The number of nitrogens with two attached hydrogens (primary N) is 1. The molecule has 0 saturated carbocycles. The smallest absolute Gasteiger partial charge is 0.251 e. The Morgan fingerprint density at radius 3 is 2.91 bits per heavy atom. The summed E-state index contributed by atoms with van der Waals surface area (Å²) in [5, 5.41) is 16.3. The highest BCUT2D eigenvalue weighted by Crippen LogP contribution is 2.40. The summed E-state index contributed by atoms with van der Waals surface area (Å²) in [5.74, 6) is 0.875. The Labute approximate surface area is 209 Å². The van der Waals surface area contributed by atoms with Gasteiger partial charge in [-0.3, -0.25) is 9.59 Å². The first-order valence-electron chi connectivity index (χ1n) is 11.2. The topological polar surface area (TPSA) is 103 Å². The average Bonchev–Trinajstić information content (AvgIpc) is 3.51. The van der Waals surface area contributed by atoms with E-state index in [0.717, 1.165) is 46.5 Å². The number of aromatic nitrogens is 3. The van der Waals surface area contributed by atoms with Gasteiger partial charge >= 0.3 is 0 Å². The number of rotatable bonds is 7. The fourth-order valence-electron chi connectivity index (χ4n) is 4.42. The van der Waals surface area contributed by atoms with E-state index in [0.29, 0.717) is 28.2 Å². The number of carbonyl (C=O) groups excluding carboxylic acids is 2. The number of nitrogens with one attached hydrogen (secondary N) is 1. The van der Waals surface area contributed by atoms with Gasteiger partial charge in [0.15, 0.2) is 11.0 Å². The Kier molecular flexibility index (Phi) is 6.46. The van der Waals surface area contributed by atoms with E-state index in [4.69, 9.17) is 5.73 Å². The highest BCUT2D eigenvalue weighted by Gasteiger charge is 2.27. The molecule has 3 heterocycles. The molecule has 0 fully saturated rings. The van der Waals surface area contributed by atoms with Gasteiger partial charge < -0.3 is 15.6 Å². The maximum absolute atomic E-state index is 12.8.